The van der Waals surface area contributed by atoms with Crippen LogP contribution in [0.4, 0.5) is 0 Å². The smallest absolute Gasteiger partial charge is 0.309 e. The van der Waals surface area contributed by atoms with E-state index in [1.165, 1.54) is 7.11 Å². The second kappa shape index (κ2) is 11.8. The first-order chi connectivity index (χ1) is 14.2. The third kappa shape index (κ3) is 9.05. The Morgan fingerprint density at radius 2 is 1.44 bits per heavy atom. The van der Waals surface area contributed by atoms with Crippen LogP contribution < -0.4 is 0 Å². The highest BCUT2D eigenvalue weighted by molar-refractivity contribution is 6.74. The lowest BCUT2D eigenvalue weighted by Crippen LogP contribution is -2.51. The summed E-state index contributed by atoms with van der Waals surface area (Å²) in [5.74, 6) is -0.501. The number of carbonyl (C=O) groups excluding carboxylic acids is 1. The molecule has 32 heavy (non-hydrogen) atoms. The summed E-state index contributed by atoms with van der Waals surface area (Å²) < 4.78 is 18.1. The molecule has 0 rings (SSSR count). The SMILES string of the molecule is COC(=O)C/C=C(\C)[C@@H](C)[C@@H](O)[C@H](C)C(CO[Si](C)(C)C(C)(C)C)O[Si](C)(C)C(C)(C)C. The van der Waals surface area contributed by atoms with E-state index in [9.17, 15) is 9.90 Å². The van der Waals surface area contributed by atoms with Crippen molar-refractivity contribution in [2.24, 2.45) is 11.8 Å². The van der Waals surface area contributed by atoms with E-state index in [4.69, 9.17) is 13.6 Å². The van der Waals surface area contributed by atoms with Crippen LogP contribution in [0.25, 0.3) is 0 Å². The Morgan fingerprint density at radius 1 is 0.969 bits per heavy atom. The first kappa shape index (κ1) is 31.5. The number of carbonyl (C=O) groups is 1. The highest BCUT2D eigenvalue weighted by Gasteiger charge is 2.43. The molecule has 1 unspecified atom stereocenters. The van der Waals surface area contributed by atoms with Gasteiger partial charge in [-0.15, -0.1) is 0 Å². The molecule has 0 aromatic heterocycles. The first-order valence-electron chi connectivity index (χ1n) is 11.9. The molecule has 0 heterocycles. The number of methoxy groups -OCH3 is 1. The van der Waals surface area contributed by atoms with Gasteiger partial charge in [-0.25, -0.2) is 0 Å². The number of esters is 1. The Hall–Kier alpha value is -0.476. The summed E-state index contributed by atoms with van der Waals surface area (Å²) in [6.07, 6.45) is 1.26. The van der Waals surface area contributed by atoms with Crippen molar-refractivity contribution in [2.75, 3.05) is 13.7 Å². The van der Waals surface area contributed by atoms with Crippen molar-refractivity contribution in [3.63, 3.8) is 0 Å². The zero-order chi connectivity index (χ0) is 25.7. The van der Waals surface area contributed by atoms with E-state index < -0.39 is 22.7 Å². The van der Waals surface area contributed by atoms with Crippen LogP contribution in [0.15, 0.2) is 11.6 Å². The molecular weight excluding hydrogens is 436 g/mol. The van der Waals surface area contributed by atoms with E-state index in [1.807, 2.05) is 19.9 Å². The predicted molar refractivity (Wildman–Crippen MR) is 140 cm³/mol. The number of hydrogen-bond acceptors (Lipinski definition) is 5. The van der Waals surface area contributed by atoms with Gasteiger partial charge in [-0.3, -0.25) is 4.79 Å². The van der Waals surface area contributed by atoms with Gasteiger partial charge in [0.05, 0.1) is 32.3 Å². The number of rotatable bonds is 11. The molecular formula is C25H52O5Si2. The van der Waals surface area contributed by atoms with Gasteiger partial charge in [-0.05, 0) is 43.2 Å². The number of hydrogen-bond donors (Lipinski definition) is 1. The Labute approximate surface area is 200 Å². The summed E-state index contributed by atoms with van der Waals surface area (Å²) in [6, 6.07) is 0. The third-order valence-electron chi connectivity index (χ3n) is 7.84. The van der Waals surface area contributed by atoms with Gasteiger partial charge >= 0.3 is 5.97 Å². The van der Waals surface area contributed by atoms with Gasteiger partial charge in [0, 0.05) is 11.8 Å². The van der Waals surface area contributed by atoms with Gasteiger partial charge in [-0.2, -0.15) is 0 Å². The number of ether oxygens (including phenoxy) is 1. The molecule has 0 aliphatic rings. The molecule has 5 nitrogen and oxygen atoms in total. The minimum Gasteiger partial charge on any atom is -0.469 e. The Balaban J connectivity index is 5.74. The highest BCUT2D eigenvalue weighted by Crippen LogP contribution is 2.40. The average Bonchev–Trinajstić information content (AvgIpc) is 2.65. The van der Waals surface area contributed by atoms with Crippen LogP contribution in [0.5, 0.6) is 0 Å². The molecule has 0 bridgehead atoms. The minimum atomic E-state index is -2.07. The van der Waals surface area contributed by atoms with Crippen molar-refractivity contribution in [3.05, 3.63) is 11.6 Å². The van der Waals surface area contributed by atoms with Gasteiger partial charge < -0.3 is 18.7 Å². The molecule has 0 saturated heterocycles. The van der Waals surface area contributed by atoms with Gasteiger partial charge in [0.1, 0.15) is 0 Å². The van der Waals surface area contributed by atoms with E-state index in [2.05, 4.69) is 74.7 Å². The minimum absolute atomic E-state index is 0.0643. The van der Waals surface area contributed by atoms with Gasteiger partial charge in [0.15, 0.2) is 16.6 Å². The summed E-state index contributed by atoms with van der Waals surface area (Å²) >= 11 is 0. The standard InChI is InChI=1S/C25H52O5Si2/c1-18(15-16-22(26)28-10)19(2)23(27)20(3)21(30-32(13,14)25(7,8)9)17-29-31(11,12)24(4,5)6/h15,19-21,23,27H,16-17H2,1-14H3/b18-15+/t19-,20-,21?,23-/m1/s1. The van der Waals surface area contributed by atoms with Crippen LogP contribution >= 0.6 is 0 Å². The van der Waals surface area contributed by atoms with Gasteiger partial charge in [0.25, 0.3) is 0 Å². The van der Waals surface area contributed by atoms with Crippen molar-refractivity contribution >= 4 is 22.6 Å². The van der Waals surface area contributed by atoms with E-state index in [0.717, 1.165) is 5.57 Å². The molecule has 0 aromatic carbocycles. The fourth-order valence-corrected chi connectivity index (χ4v) is 5.22. The maximum Gasteiger partial charge on any atom is 0.309 e. The zero-order valence-electron chi connectivity index (χ0n) is 23.4. The second-order valence-electron chi connectivity index (χ2n) is 12.4. The van der Waals surface area contributed by atoms with Crippen LogP contribution in [-0.2, 0) is 18.4 Å². The molecule has 0 spiro atoms. The molecule has 0 radical (unpaired) electrons. The molecule has 0 aromatic rings. The molecule has 1 N–H and O–H groups in total. The fraction of sp³-hybridized carbons (Fsp3) is 0.880. The van der Waals surface area contributed by atoms with Gasteiger partial charge in [0.2, 0.25) is 0 Å². The van der Waals surface area contributed by atoms with Crippen molar-refractivity contribution in [1.29, 1.82) is 0 Å². The number of aliphatic hydroxyl groups excluding tert-OH is 1. The lowest BCUT2D eigenvalue weighted by Gasteiger charge is -2.44. The van der Waals surface area contributed by atoms with Gasteiger partial charge in [-0.1, -0.05) is 67.0 Å². The molecule has 0 amide bonds. The maximum atomic E-state index is 11.5. The fourth-order valence-electron chi connectivity index (χ4n) is 2.81. The van der Waals surface area contributed by atoms with Crippen LogP contribution in [-0.4, -0.2) is 53.6 Å². The highest BCUT2D eigenvalue weighted by atomic mass is 28.4. The van der Waals surface area contributed by atoms with E-state index in [0.29, 0.717) is 6.61 Å². The predicted octanol–water partition coefficient (Wildman–Crippen LogP) is 6.54. The van der Waals surface area contributed by atoms with E-state index in [-0.39, 0.29) is 40.4 Å². The molecule has 190 valence electrons. The summed E-state index contributed by atoms with van der Waals surface area (Å²) in [4.78, 5) is 11.5. The molecule has 0 aliphatic carbocycles. The van der Waals surface area contributed by atoms with Crippen LogP contribution in [0.1, 0.15) is 68.7 Å². The van der Waals surface area contributed by atoms with E-state index in [1.54, 1.807) is 0 Å². The monoisotopic (exact) mass is 488 g/mol. The largest absolute Gasteiger partial charge is 0.469 e. The average molecular weight is 489 g/mol. The molecule has 7 heteroatoms. The lowest BCUT2D eigenvalue weighted by atomic mass is 9.85. The summed E-state index contributed by atoms with van der Waals surface area (Å²) in [5.41, 5.74) is 0.978. The number of aliphatic hydroxyl groups is 1. The Morgan fingerprint density at radius 3 is 1.84 bits per heavy atom. The summed E-state index contributed by atoms with van der Waals surface area (Å²) in [5, 5.41) is 11.4. The summed E-state index contributed by atoms with van der Waals surface area (Å²) in [7, 11) is -2.64. The summed E-state index contributed by atoms with van der Waals surface area (Å²) in [6.45, 7) is 28.9. The topological polar surface area (TPSA) is 65.0 Å². The Bertz CT molecular complexity index is 629. The van der Waals surface area contributed by atoms with Crippen LogP contribution in [0, 0.1) is 11.8 Å². The van der Waals surface area contributed by atoms with Crippen molar-refractivity contribution in [1.82, 2.24) is 0 Å². The molecule has 0 fully saturated rings. The normalized spacial score (nSPS) is 18.2. The zero-order valence-corrected chi connectivity index (χ0v) is 25.4. The molecule has 0 aliphatic heterocycles. The quantitative estimate of drug-likeness (QED) is 0.203. The van der Waals surface area contributed by atoms with Crippen molar-refractivity contribution in [3.8, 4) is 0 Å². The van der Waals surface area contributed by atoms with Crippen molar-refractivity contribution < 1.29 is 23.5 Å². The molecule has 4 atom stereocenters. The first-order valence-corrected chi connectivity index (χ1v) is 17.7. The molecule has 0 saturated carbocycles. The third-order valence-corrected chi connectivity index (χ3v) is 16.8. The van der Waals surface area contributed by atoms with Crippen molar-refractivity contribution in [2.45, 2.75) is 117 Å². The second-order valence-corrected chi connectivity index (χ2v) is 21.9. The van der Waals surface area contributed by atoms with Crippen LogP contribution in [0.2, 0.25) is 36.3 Å². The van der Waals surface area contributed by atoms with Crippen LogP contribution in [0.3, 0.4) is 0 Å². The lowest BCUT2D eigenvalue weighted by molar-refractivity contribution is -0.139. The Kier molecular flexibility index (Phi) is 11.6. The van der Waals surface area contributed by atoms with E-state index >= 15 is 0 Å². The maximum absolute atomic E-state index is 11.5.